The van der Waals surface area contributed by atoms with Gasteiger partial charge >= 0.3 is 0 Å². The molecule has 0 aliphatic carbocycles. The van der Waals surface area contributed by atoms with Crippen LogP contribution in [0.5, 0.6) is 0 Å². The number of ether oxygens (including phenoxy) is 1. The Balaban J connectivity index is 1.95. The molecule has 1 amide bonds. The van der Waals surface area contributed by atoms with Gasteiger partial charge in [-0.25, -0.2) is 0 Å². The van der Waals surface area contributed by atoms with E-state index < -0.39 is 0 Å². The summed E-state index contributed by atoms with van der Waals surface area (Å²) < 4.78 is 5.10. The first-order valence-electron chi connectivity index (χ1n) is 6.87. The molecule has 0 bridgehead atoms. The second-order valence-corrected chi connectivity index (χ2v) is 4.84. The molecule has 0 aliphatic heterocycles. The van der Waals surface area contributed by atoms with E-state index in [1.807, 2.05) is 36.4 Å². The third-order valence-electron chi connectivity index (χ3n) is 3.21. The number of carbonyl (C=O) groups excluding carboxylic acids is 1. The maximum atomic E-state index is 12.1. The highest BCUT2D eigenvalue weighted by atomic mass is 16.5. The fourth-order valence-electron chi connectivity index (χ4n) is 2.07. The molecule has 4 heteroatoms. The van der Waals surface area contributed by atoms with Gasteiger partial charge in [0.2, 0.25) is 0 Å². The predicted octanol–water partition coefficient (Wildman–Crippen LogP) is 2.22. The zero-order chi connectivity index (χ0) is 15.1. The number of amides is 1. The van der Waals surface area contributed by atoms with Crippen LogP contribution >= 0.6 is 0 Å². The van der Waals surface area contributed by atoms with Gasteiger partial charge in [-0.05, 0) is 28.8 Å². The Bertz CT molecular complexity index is 594. The molecule has 0 aliphatic rings. The molecule has 2 aromatic carbocycles. The molecule has 0 radical (unpaired) electrons. The summed E-state index contributed by atoms with van der Waals surface area (Å²) in [6.07, 6.45) is 0. The van der Waals surface area contributed by atoms with E-state index in [2.05, 4.69) is 5.32 Å². The van der Waals surface area contributed by atoms with Crippen LogP contribution in [0.2, 0.25) is 0 Å². The predicted molar refractivity (Wildman–Crippen MR) is 82.7 cm³/mol. The fraction of sp³-hybridized carbons (Fsp3) is 0.235. The molecule has 0 unspecified atom stereocenters. The van der Waals surface area contributed by atoms with Crippen LogP contribution in [-0.2, 0) is 24.4 Å². The molecule has 0 aromatic heterocycles. The summed E-state index contributed by atoms with van der Waals surface area (Å²) in [5, 5.41) is 2.91. The van der Waals surface area contributed by atoms with Crippen LogP contribution in [0.4, 0.5) is 0 Å². The van der Waals surface area contributed by atoms with E-state index in [0.717, 1.165) is 16.7 Å². The van der Waals surface area contributed by atoms with Crippen molar-refractivity contribution in [2.45, 2.75) is 19.7 Å². The maximum Gasteiger partial charge on any atom is 0.251 e. The van der Waals surface area contributed by atoms with E-state index in [4.69, 9.17) is 10.5 Å². The summed E-state index contributed by atoms with van der Waals surface area (Å²) in [4.78, 5) is 12.1. The van der Waals surface area contributed by atoms with Crippen molar-refractivity contribution in [2.24, 2.45) is 5.73 Å². The number of rotatable bonds is 6. The largest absolute Gasteiger partial charge is 0.380 e. The molecular weight excluding hydrogens is 264 g/mol. The molecule has 110 valence electrons. The summed E-state index contributed by atoms with van der Waals surface area (Å²) in [7, 11) is 1.67. The first-order valence-corrected chi connectivity index (χ1v) is 6.87. The Morgan fingerprint density at radius 2 is 1.81 bits per heavy atom. The van der Waals surface area contributed by atoms with E-state index >= 15 is 0 Å². The lowest BCUT2D eigenvalue weighted by atomic mass is 10.1. The fourth-order valence-corrected chi connectivity index (χ4v) is 2.07. The number of carbonyl (C=O) groups is 1. The number of methoxy groups -OCH3 is 1. The van der Waals surface area contributed by atoms with E-state index in [9.17, 15) is 4.79 Å². The summed E-state index contributed by atoms with van der Waals surface area (Å²) in [5.41, 5.74) is 9.34. The maximum absolute atomic E-state index is 12.1. The minimum Gasteiger partial charge on any atom is -0.380 e. The Morgan fingerprint density at radius 1 is 1.10 bits per heavy atom. The zero-order valence-corrected chi connectivity index (χ0v) is 12.1. The lowest BCUT2D eigenvalue weighted by Crippen LogP contribution is -2.22. The van der Waals surface area contributed by atoms with Crippen molar-refractivity contribution in [1.29, 1.82) is 0 Å². The minimum atomic E-state index is -0.0873. The smallest absolute Gasteiger partial charge is 0.251 e. The Morgan fingerprint density at radius 3 is 2.48 bits per heavy atom. The van der Waals surface area contributed by atoms with Crippen molar-refractivity contribution in [3.05, 3.63) is 70.8 Å². The Labute approximate surface area is 124 Å². The van der Waals surface area contributed by atoms with Crippen molar-refractivity contribution >= 4 is 5.91 Å². The first kappa shape index (κ1) is 15.2. The molecule has 0 atom stereocenters. The van der Waals surface area contributed by atoms with Crippen LogP contribution in [0.15, 0.2) is 48.5 Å². The average Bonchev–Trinajstić information content (AvgIpc) is 2.53. The van der Waals surface area contributed by atoms with Gasteiger partial charge in [0.25, 0.3) is 5.91 Å². The molecule has 2 rings (SSSR count). The third-order valence-corrected chi connectivity index (χ3v) is 3.21. The quantitative estimate of drug-likeness (QED) is 0.855. The number of hydrogen-bond donors (Lipinski definition) is 2. The van der Waals surface area contributed by atoms with Crippen molar-refractivity contribution in [3.8, 4) is 0 Å². The van der Waals surface area contributed by atoms with Crippen LogP contribution < -0.4 is 11.1 Å². The minimum absolute atomic E-state index is 0.0873. The van der Waals surface area contributed by atoms with Crippen LogP contribution in [-0.4, -0.2) is 13.0 Å². The highest BCUT2D eigenvalue weighted by Crippen LogP contribution is 2.07. The molecule has 0 fully saturated rings. The van der Waals surface area contributed by atoms with E-state index in [0.29, 0.717) is 25.3 Å². The van der Waals surface area contributed by atoms with Gasteiger partial charge in [-0.1, -0.05) is 36.4 Å². The van der Waals surface area contributed by atoms with Gasteiger partial charge in [-0.3, -0.25) is 4.79 Å². The summed E-state index contributed by atoms with van der Waals surface area (Å²) >= 11 is 0. The molecule has 0 saturated heterocycles. The second-order valence-electron chi connectivity index (χ2n) is 4.84. The van der Waals surface area contributed by atoms with Crippen molar-refractivity contribution in [1.82, 2.24) is 5.32 Å². The monoisotopic (exact) mass is 284 g/mol. The van der Waals surface area contributed by atoms with Gasteiger partial charge < -0.3 is 15.8 Å². The standard InChI is InChI=1S/C17H20N2O2/c1-21-12-15-4-2-3-14(9-15)11-19-17(20)16-7-5-13(10-18)6-8-16/h2-9H,10-12,18H2,1H3,(H,19,20). The molecular formula is C17H20N2O2. The number of hydrogen-bond acceptors (Lipinski definition) is 3. The summed E-state index contributed by atoms with van der Waals surface area (Å²) in [6, 6.07) is 15.3. The number of nitrogens with one attached hydrogen (secondary N) is 1. The van der Waals surface area contributed by atoms with Gasteiger partial charge in [-0.15, -0.1) is 0 Å². The van der Waals surface area contributed by atoms with Crippen LogP contribution in [0.1, 0.15) is 27.0 Å². The summed E-state index contributed by atoms with van der Waals surface area (Å²) in [5.74, 6) is -0.0873. The molecule has 0 saturated carbocycles. The van der Waals surface area contributed by atoms with Crippen molar-refractivity contribution < 1.29 is 9.53 Å². The number of benzene rings is 2. The molecule has 3 N–H and O–H groups in total. The van der Waals surface area contributed by atoms with Gasteiger partial charge in [0, 0.05) is 25.8 Å². The van der Waals surface area contributed by atoms with Crippen molar-refractivity contribution in [3.63, 3.8) is 0 Å². The summed E-state index contributed by atoms with van der Waals surface area (Å²) in [6.45, 7) is 1.55. The third kappa shape index (κ3) is 4.41. The normalized spacial score (nSPS) is 10.4. The highest BCUT2D eigenvalue weighted by Gasteiger charge is 2.05. The molecule has 4 nitrogen and oxygen atoms in total. The lowest BCUT2D eigenvalue weighted by Gasteiger charge is -2.07. The lowest BCUT2D eigenvalue weighted by molar-refractivity contribution is 0.0951. The van der Waals surface area contributed by atoms with Gasteiger partial charge in [0.05, 0.1) is 6.61 Å². The van der Waals surface area contributed by atoms with Gasteiger partial charge in [-0.2, -0.15) is 0 Å². The Hall–Kier alpha value is -2.17. The first-order chi connectivity index (χ1) is 10.2. The van der Waals surface area contributed by atoms with E-state index in [-0.39, 0.29) is 5.91 Å². The zero-order valence-electron chi connectivity index (χ0n) is 12.1. The molecule has 21 heavy (non-hydrogen) atoms. The second kappa shape index (κ2) is 7.57. The molecule has 0 spiro atoms. The molecule has 0 heterocycles. The van der Waals surface area contributed by atoms with E-state index in [1.54, 1.807) is 19.2 Å². The number of nitrogens with two attached hydrogens (primary N) is 1. The van der Waals surface area contributed by atoms with Gasteiger partial charge in [0.1, 0.15) is 0 Å². The average molecular weight is 284 g/mol. The highest BCUT2D eigenvalue weighted by molar-refractivity contribution is 5.94. The van der Waals surface area contributed by atoms with Crippen molar-refractivity contribution in [2.75, 3.05) is 7.11 Å². The van der Waals surface area contributed by atoms with Gasteiger partial charge in [0.15, 0.2) is 0 Å². The topological polar surface area (TPSA) is 64.3 Å². The Kier molecular flexibility index (Phi) is 5.49. The van der Waals surface area contributed by atoms with Crippen LogP contribution in [0, 0.1) is 0 Å². The molecule has 2 aromatic rings. The SMILES string of the molecule is COCc1cccc(CNC(=O)c2ccc(CN)cc2)c1. The van der Waals surface area contributed by atoms with E-state index in [1.165, 1.54) is 0 Å². The van der Waals surface area contributed by atoms with Crippen LogP contribution in [0.3, 0.4) is 0 Å². The van der Waals surface area contributed by atoms with Crippen LogP contribution in [0.25, 0.3) is 0 Å².